The van der Waals surface area contributed by atoms with Gasteiger partial charge in [0.25, 0.3) is 0 Å². The lowest BCUT2D eigenvalue weighted by Crippen LogP contribution is -1.96. The third kappa shape index (κ3) is 1.60. The topological polar surface area (TPSA) is 66.6 Å². The molecule has 0 saturated carbocycles. The first-order valence-electron chi connectivity index (χ1n) is 3.35. The molecule has 0 bridgehead atoms. The fraction of sp³-hybridized carbons (Fsp3) is 0.500. The molecule has 0 aromatic carbocycles. The van der Waals surface area contributed by atoms with Crippen LogP contribution < -0.4 is 0 Å². The van der Waals surface area contributed by atoms with Gasteiger partial charge in [-0.1, -0.05) is 5.11 Å². The molecule has 0 fully saturated rings. The van der Waals surface area contributed by atoms with Crippen LogP contribution in [0.3, 0.4) is 0 Å². The van der Waals surface area contributed by atoms with Crippen molar-refractivity contribution < 1.29 is 0 Å². The Labute approximate surface area is 78.1 Å². The summed E-state index contributed by atoms with van der Waals surface area (Å²) >= 11 is 3.36. The maximum absolute atomic E-state index is 8.13. The lowest BCUT2D eigenvalue weighted by atomic mass is 10.4. The highest BCUT2D eigenvalue weighted by molar-refractivity contribution is 9.10. The van der Waals surface area contributed by atoms with E-state index in [9.17, 15) is 0 Å². The van der Waals surface area contributed by atoms with Crippen molar-refractivity contribution in [3.8, 4) is 0 Å². The Morgan fingerprint density at radius 2 is 2.42 bits per heavy atom. The zero-order valence-electron chi connectivity index (χ0n) is 6.82. The molecule has 0 N–H and O–H groups in total. The van der Waals surface area contributed by atoms with Crippen LogP contribution in [0.15, 0.2) is 9.59 Å². The van der Waals surface area contributed by atoms with Crippen LogP contribution in [-0.2, 0) is 13.6 Å². The molecule has 0 spiro atoms. The average molecular weight is 230 g/mol. The molecule has 1 heterocycles. The third-order valence-corrected chi connectivity index (χ3v) is 2.58. The molecule has 0 radical (unpaired) electrons. The molecule has 12 heavy (non-hydrogen) atoms. The zero-order valence-corrected chi connectivity index (χ0v) is 8.41. The van der Waals surface area contributed by atoms with Crippen LogP contribution in [0, 0.1) is 6.92 Å². The standard InChI is InChI=1S/C6H8BrN5/c1-4-6(7)5(3-9-11-8)12(2)10-4/h3H2,1-2H3. The van der Waals surface area contributed by atoms with Gasteiger partial charge in [-0.25, -0.2) is 0 Å². The van der Waals surface area contributed by atoms with Gasteiger partial charge in [0.15, 0.2) is 0 Å². The van der Waals surface area contributed by atoms with E-state index in [2.05, 4.69) is 31.1 Å². The predicted molar refractivity (Wildman–Crippen MR) is 48.5 cm³/mol. The zero-order chi connectivity index (χ0) is 9.14. The molecule has 1 aromatic rings. The molecule has 0 atom stereocenters. The first-order valence-corrected chi connectivity index (χ1v) is 4.15. The number of hydrogen-bond donors (Lipinski definition) is 0. The Morgan fingerprint density at radius 3 is 2.83 bits per heavy atom. The van der Waals surface area contributed by atoms with Crippen LogP contribution in [0.1, 0.15) is 11.4 Å². The minimum atomic E-state index is 0.328. The average Bonchev–Trinajstić information content (AvgIpc) is 2.25. The van der Waals surface area contributed by atoms with E-state index in [0.29, 0.717) is 6.54 Å². The van der Waals surface area contributed by atoms with Crippen LogP contribution in [0.5, 0.6) is 0 Å². The van der Waals surface area contributed by atoms with Crippen LogP contribution in [0.2, 0.25) is 0 Å². The van der Waals surface area contributed by atoms with E-state index < -0.39 is 0 Å². The largest absolute Gasteiger partial charge is 0.271 e. The van der Waals surface area contributed by atoms with Crippen molar-refractivity contribution in [2.45, 2.75) is 13.5 Å². The molecule has 0 aliphatic carbocycles. The summed E-state index contributed by atoms with van der Waals surface area (Å²) in [4.78, 5) is 2.69. The maximum Gasteiger partial charge on any atom is 0.0738 e. The maximum atomic E-state index is 8.13. The summed E-state index contributed by atoms with van der Waals surface area (Å²) in [6.45, 7) is 2.22. The quantitative estimate of drug-likeness (QED) is 0.436. The summed E-state index contributed by atoms with van der Waals surface area (Å²) in [5.74, 6) is 0. The van der Waals surface area contributed by atoms with E-state index in [4.69, 9.17) is 5.53 Å². The Hall–Kier alpha value is -1.00. The summed E-state index contributed by atoms with van der Waals surface area (Å²) < 4.78 is 2.62. The molecule has 5 nitrogen and oxygen atoms in total. The minimum absolute atomic E-state index is 0.328. The van der Waals surface area contributed by atoms with Gasteiger partial charge in [-0.15, -0.1) is 0 Å². The number of hydrogen-bond acceptors (Lipinski definition) is 2. The normalized spacial score (nSPS) is 9.58. The van der Waals surface area contributed by atoms with Crippen LogP contribution in [-0.4, -0.2) is 9.78 Å². The Morgan fingerprint density at radius 1 is 1.75 bits per heavy atom. The lowest BCUT2D eigenvalue weighted by Gasteiger charge is -1.95. The van der Waals surface area contributed by atoms with Gasteiger partial charge in [0.2, 0.25) is 0 Å². The summed E-state index contributed by atoms with van der Waals surface area (Å²) in [6.07, 6.45) is 0. The van der Waals surface area contributed by atoms with Crippen molar-refractivity contribution in [2.24, 2.45) is 12.2 Å². The van der Waals surface area contributed by atoms with Crippen LogP contribution in [0.25, 0.3) is 10.4 Å². The molecule has 0 amide bonds. The number of rotatable bonds is 2. The molecule has 0 unspecified atom stereocenters. The Kier molecular flexibility index (Phi) is 2.73. The molecule has 0 aliphatic heterocycles. The highest BCUT2D eigenvalue weighted by Gasteiger charge is 2.08. The van der Waals surface area contributed by atoms with Gasteiger partial charge in [0, 0.05) is 12.0 Å². The number of aromatic nitrogens is 2. The summed E-state index contributed by atoms with van der Waals surface area (Å²) in [6, 6.07) is 0. The molecular formula is C6H8BrN5. The van der Waals surface area contributed by atoms with E-state index in [0.717, 1.165) is 15.9 Å². The van der Waals surface area contributed by atoms with Gasteiger partial charge >= 0.3 is 0 Å². The smallest absolute Gasteiger partial charge is 0.0738 e. The molecular weight excluding hydrogens is 222 g/mol. The predicted octanol–water partition coefficient (Wildman–Crippen LogP) is 2.30. The Bertz CT molecular complexity index is 336. The highest BCUT2D eigenvalue weighted by atomic mass is 79.9. The van der Waals surface area contributed by atoms with Crippen LogP contribution >= 0.6 is 15.9 Å². The highest BCUT2D eigenvalue weighted by Crippen LogP contribution is 2.20. The van der Waals surface area contributed by atoms with Crippen molar-refractivity contribution in [1.29, 1.82) is 0 Å². The van der Waals surface area contributed by atoms with E-state index in [-0.39, 0.29) is 0 Å². The molecule has 0 aliphatic rings. The van der Waals surface area contributed by atoms with Crippen molar-refractivity contribution in [3.05, 3.63) is 26.3 Å². The first kappa shape index (κ1) is 9.09. The van der Waals surface area contributed by atoms with Crippen molar-refractivity contribution in [2.75, 3.05) is 0 Å². The van der Waals surface area contributed by atoms with Gasteiger partial charge in [-0.05, 0) is 28.4 Å². The third-order valence-electron chi connectivity index (χ3n) is 1.55. The van der Waals surface area contributed by atoms with Crippen LogP contribution in [0.4, 0.5) is 0 Å². The van der Waals surface area contributed by atoms with E-state index in [1.807, 2.05) is 14.0 Å². The van der Waals surface area contributed by atoms with Gasteiger partial charge in [0.05, 0.1) is 22.4 Å². The minimum Gasteiger partial charge on any atom is -0.271 e. The number of azide groups is 1. The first-order chi connectivity index (χ1) is 5.66. The van der Waals surface area contributed by atoms with Gasteiger partial charge < -0.3 is 0 Å². The number of aryl methyl sites for hydroxylation is 2. The Balaban J connectivity index is 3.04. The van der Waals surface area contributed by atoms with Crippen molar-refractivity contribution in [3.63, 3.8) is 0 Å². The monoisotopic (exact) mass is 229 g/mol. The molecule has 64 valence electrons. The second-order valence-electron chi connectivity index (χ2n) is 2.36. The van der Waals surface area contributed by atoms with Crippen molar-refractivity contribution >= 4 is 15.9 Å². The molecule has 1 aromatic heterocycles. The second kappa shape index (κ2) is 3.60. The van der Waals surface area contributed by atoms with Gasteiger partial charge in [-0.3, -0.25) is 4.68 Å². The van der Waals surface area contributed by atoms with E-state index in [1.54, 1.807) is 4.68 Å². The summed E-state index contributed by atoms with van der Waals surface area (Å²) in [7, 11) is 1.82. The van der Waals surface area contributed by atoms with Crippen molar-refractivity contribution in [1.82, 2.24) is 9.78 Å². The molecule has 1 rings (SSSR count). The summed E-state index contributed by atoms with van der Waals surface area (Å²) in [5, 5.41) is 7.62. The van der Waals surface area contributed by atoms with Gasteiger partial charge in [0.1, 0.15) is 0 Å². The SMILES string of the molecule is Cc1nn(C)c(CN=[N+]=[N-])c1Br. The second-order valence-corrected chi connectivity index (χ2v) is 3.15. The number of nitrogens with zero attached hydrogens (tertiary/aromatic N) is 5. The fourth-order valence-electron chi connectivity index (χ4n) is 0.950. The summed E-state index contributed by atoms with van der Waals surface area (Å²) in [5.41, 5.74) is 9.93. The number of halogens is 1. The fourth-order valence-corrected chi connectivity index (χ4v) is 1.41. The van der Waals surface area contributed by atoms with E-state index >= 15 is 0 Å². The molecule has 0 saturated heterocycles. The van der Waals surface area contributed by atoms with Gasteiger partial charge in [-0.2, -0.15) is 5.10 Å². The molecule has 6 heteroatoms. The lowest BCUT2D eigenvalue weighted by molar-refractivity contribution is 0.703. The van der Waals surface area contributed by atoms with E-state index in [1.165, 1.54) is 0 Å².